The number of ether oxygens (including phenoxy) is 1. The molecule has 0 aliphatic heterocycles. The largest absolute Gasteiger partial charge is 0.478 e. The van der Waals surface area contributed by atoms with Crippen molar-refractivity contribution in [2.45, 2.75) is 6.61 Å². The fraction of sp³-hybridized carbons (Fsp3) is 0.105. The fourth-order valence-electron chi connectivity index (χ4n) is 2.33. The van der Waals surface area contributed by atoms with Crippen LogP contribution >= 0.6 is 0 Å². The van der Waals surface area contributed by atoms with Gasteiger partial charge in [-0.1, -0.05) is 18.2 Å². The third-order valence-electron chi connectivity index (χ3n) is 3.51. The van der Waals surface area contributed by atoms with Crippen molar-refractivity contribution in [3.05, 3.63) is 71.9 Å². The van der Waals surface area contributed by atoms with Crippen molar-refractivity contribution in [3.8, 4) is 0 Å². The van der Waals surface area contributed by atoms with Gasteiger partial charge in [-0.25, -0.2) is 9.78 Å². The van der Waals surface area contributed by atoms with E-state index in [1.165, 1.54) is 12.1 Å². The second-order valence-corrected chi connectivity index (χ2v) is 5.50. The lowest BCUT2D eigenvalue weighted by Crippen LogP contribution is -2.05. The molecule has 7 nitrogen and oxygen atoms in total. The number of para-hydroxylation sites is 1. The van der Waals surface area contributed by atoms with E-state index in [4.69, 9.17) is 9.84 Å². The van der Waals surface area contributed by atoms with Gasteiger partial charge in [0.2, 0.25) is 5.95 Å². The number of aromatic nitrogens is 2. The monoisotopic (exact) mass is 350 g/mol. The van der Waals surface area contributed by atoms with Gasteiger partial charge in [0.1, 0.15) is 5.82 Å². The van der Waals surface area contributed by atoms with E-state index in [-0.39, 0.29) is 5.56 Å². The molecule has 0 aliphatic carbocycles. The fourth-order valence-corrected chi connectivity index (χ4v) is 2.33. The lowest BCUT2D eigenvalue weighted by atomic mass is 10.2. The van der Waals surface area contributed by atoms with E-state index >= 15 is 0 Å². The topological polar surface area (TPSA) is 96.4 Å². The molecule has 132 valence electrons. The molecule has 0 fully saturated rings. The number of aromatic carboxylic acids is 1. The van der Waals surface area contributed by atoms with Crippen LogP contribution in [0.1, 0.15) is 16.1 Å². The first-order chi connectivity index (χ1) is 12.6. The number of anilines is 4. The quantitative estimate of drug-likeness (QED) is 0.596. The summed E-state index contributed by atoms with van der Waals surface area (Å²) in [4.78, 5) is 19.8. The molecule has 0 atom stereocenters. The standard InChI is InChI=1S/C19H18N4O3/c1-26-12-16-11-17(20-15-9-7-13(8-10-15)18(24)25)23-19(22-16)21-14-5-3-2-4-6-14/h2-11H,12H2,1H3,(H,24,25)(H2,20,21,22,23). The van der Waals surface area contributed by atoms with Crippen LogP contribution in [-0.2, 0) is 11.3 Å². The van der Waals surface area contributed by atoms with Gasteiger partial charge in [-0.05, 0) is 36.4 Å². The summed E-state index contributed by atoms with van der Waals surface area (Å²) in [6.45, 7) is 0.346. The summed E-state index contributed by atoms with van der Waals surface area (Å²) in [6.07, 6.45) is 0. The Morgan fingerprint density at radius 2 is 1.69 bits per heavy atom. The first-order valence-electron chi connectivity index (χ1n) is 7.93. The van der Waals surface area contributed by atoms with Gasteiger partial charge >= 0.3 is 5.97 Å². The van der Waals surface area contributed by atoms with E-state index in [0.717, 1.165) is 11.4 Å². The zero-order valence-corrected chi connectivity index (χ0v) is 14.1. The number of benzene rings is 2. The van der Waals surface area contributed by atoms with Crippen LogP contribution < -0.4 is 10.6 Å². The molecule has 0 aliphatic rings. The van der Waals surface area contributed by atoms with Crippen molar-refractivity contribution in [2.24, 2.45) is 0 Å². The molecule has 0 saturated carbocycles. The van der Waals surface area contributed by atoms with Crippen LogP contribution in [0.25, 0.3) is 0 Å². The van der Waals surface area contributed by atoms with Crippen LogP contribution in [0, 0.1) is 0 Å². The highest BCUT2D eigenvalue weighted by Gasteiger charge is 2.07. The zero-order chi connectivity index (χ0) is 18.4. The van der Waals surface area contributed by atoms with Crippen LogP contribution in [0.4, 0.5) is 23.1 Å². The third kappa shape index (κ3) is 4.55. The first-order valence-corrected chi connectivity index (χ1v) is 7.93. The van der Waals surface area contributed by atoms with Gasteiger partial charge in [0, 0.05) is 24.6 Å². The van der Waals surface area contributed by atoms with Gasteiger partial charge in [0.25, 0.3) is 0 Å². The molecule has 0 spiro atoms. The minimum Gasteiger partial charge on any atom is -0.478 e. The smallest absolute Gasteiger partial charge is 0.335 e. The van der Waals surface area contributed by atoms with Gasteiger partial charge in [-0.2, -0.15) is 4.98 Å². The number of nitrogens with one attached hydrogen (secondary N) is 2. The van der Waals surface area contributed by atoms with E-state index in [1.807, 2.05) is 30.3 Å². The molecule has 3 aromatic rings. The molecule has 7 heteroatoms. The van der Waals surface area contributed by atoms with Crippen LogP contribution in [0.2, 0.25) is 0 Å². The summed E-state index contributed by atoms with van der Waals surface area (Å²) < 4.78 is 5.17. The summed E-state index contributed by atoms with van der Waals surface area (Å²) in [5.74, 6) is 0.0549. The number of rotatable bonds is 7. The van der Waals surface area contributed by atoms with Gasteiger partial charge < -0.3 is 20.5 Å². The molecule has 0 unspecified atom stereocenters. The Morgan fingerprint density at radius 1 is 1.00 bits per heavy atom. The summed E-state index contributed by atoms with van der Waals surface area (Å²) in [6, 6.07) is 17.8. The number of hydrogen-bond acceptors (Lipinski definition) is 6. The Morgan fingerprint density at radius 3 is 2.35 bits per heavy atom. The molecule has 2 aromatic carbocycles. The predicted octanol–water partition coefficient (Wildman–Crippen LogP) is 3.81. The molecule has 3 N–H and O–H groups in total. The summed E-state index contributed by atoms with van der Waals surface area (Å²) >= 11 is 0. The van der Waals surface area contributed by atoms with Crippen LogP contribution in [-0.4, -0.2) is 28.2 Å². The van der Waals surface area contributed by atoms with E-state index in [0.29, 0.717) is 24.1 Å². The van der Waals surface area contributed by atoms with Gasteiger partial charge in [0.15, 0.2) is 0 Å². The molecular weight excluding hydrogens is 332 g/mol. The molecule has 1 aromatic heterocycles. The normalized spacial score (nSPS) is 10.3. The maximum atomic E-state index is 10.9. The minimum absolute atomic E-state index is 0.227. The second-order valence-electron chi connectivity index (χ2n) is 5.50. The number of nitrogens with zero attached hydrogens (tertiary/aromatic N) is 2. The van der Waals surface area contributed by atoms with E-state index < -0.39 is 5.97 Å². The van der Waals surface area contributed by atoms with Crippen molar-refractivity contribution in [1.29, 1.82) is 0 Å². The minimum atomic E-state index is -0.963. The lowest BCUT2D eigenvalue weighted by molar-refractivity contribution is 0.0697. The summed E-state index contributed by atoms with van der Waals surface area (Å²) in [7, 11) is 1.60. The van der Waals surface area contributed by atoms with E-state index in [2.05, 4.69) is 20.6 Å². The van der Waals surface area contributed by atoms with Crippen LogP contribution in [0.15, 0.2) is 60.7 Å². The number of methoxy groups -OCH3 is 1. The number of hydrogen-bond donors (Lipinski definition) is 3. The number of carboxylic acids is 1. The first kappa shape index (κ1) is 17.4. The maximum absolute atomic E-state index is 10.9. The molecule has 0 radical (unpaired) electrons. The Bertz CT molecular complexity index is 883. The zero-order valence-electron chi connectivity index (χ0n) is 14.1. The highest BCUT2D eigenvalue weighted by Crippen LogP contribution is 2.20. The van der Waals surface area contributed by atoms with E-state index in [1.54, 1.807) is 25.3 Å². The van der Waals surface area contributed by atoms with Gasteiger partial charge in [-0.3, -0.25) is 0 Å². The lowest BCUT2D eigenvalue weighted by Gasteiger charge is -2.11. The number of carbonyl (C=O) groups is 1. The highest BCUT2D eigenvalue weighted by molar-refractivity contribution is 5.88. The predicted molar refractivity (Wildman–Crippen MR) is 99.2 cm³/mol. The Hall–Kier alpha value is -3.45. The average molecular weight is 350 g/mol. The van der Waals surface area contributed by atoms with Crippen molar-refractivity contribution < 1.29 is 14.6 Å². The average Bonchev–Trinajstić information content (AvgIpc) is 2.63. The molecular formula is C19H18N4O3. The van der Waals surface area contributed by atoms with Gasteiger partial charge in [-0.15, -0.1) is 0 Å². The van der Waals surface area contributed by atoms with Crippen molar-refractivity contribution >= 4 is 29.1 Å². The van der Waals surface area contributed by atoms with E-state index in [9.17, 15) is 4.79 Å². The highest BCUT2D eigenvalue weighted by atomic mass is 16.5. The van der Waals surface area contributed by atoms with Crippen LogP contribution in [0.5, 0.6) is 0 Å². The van der Waals surface area contributed by atoms with Crippen molar-refractivity contribution in [1.82, 2.24) is 9.97 Å². The van der Waals surface area contributed by atoms with Crippen molar-refractivity contribution in [2.75, 3.05) is 17.7 Å². The third-order valence-corrected chi connectivity index (χ3v) is 3.51. The Balaban J connectivity index is 1.84. The molecule has 3 rings (SSSR count). The maximum Gasteiger partial charge on any atom is 0.335 e. The Kier molecular flexibility index (Phi) is 5.40. The SMILES string of the molecule is COCc1cc(Nc2ccc(C(=O)O)cc2)nc(Nc2ccccc2)n1. The van der Waals surface area contributed by atoms with Crippen molar-refractivity contribution in [3.63, 3.8) is 0 Å². The molecule has 26 heavy (non-hydrogen) atoms. The molecule has 0 bridgehead atoms. The molecule has 0 saturated heterocycles. The summed E-state index contributed by atoms with van der Waals surface area (Å²) in [5.41, 5.74) is 2.54. The van der Waals surface area contributed by atoms with Gasteiger partial charge in [0.05, 0.1) is 17.9 Å². The molecule has 1 heterocycles. The Labute approximate surface area is 150 Å². The number of carboxylic acid groups (broad SMARTS) is 1. The summed E-state index contributed by atoms with van der Waals surface area (Å²) in [5, 5.41) is 15.3. The van der Waals surface area contributed by atoms with Crippen LogP contribution in [0.3, 0.4) is 0 Å². The molecule has 0 amide bonds. The second kappa shape index (κ2) is 8.09.